The van der Waals surface area contributed by atoms with Gasteiger partial charge in [0, 0.05) is 11.1 Å². The van der Waals surface area contributed by atoms with Crippen molar-refractivity contribution in [2.24, 2.45) is 0 Å². The molecular weight excluding hydrogens is 242 g/mol. The van der Waals surface area contributed by atoms with E-state index in [1.807, 2.05) is 12.1 Å². The van der Waals surface area contributed by atoms with Crippen LogP contribution in [0.2, 0.25) is 5.02 Å². The van der Waals surface area contributed by atoms with Crippen LogP contribution in [-0.2, 0) is 6.42 Å². The Morgan fingerprint density at radius 1 is 1.28 bits per heavy atom. The second kappa shape index (κ2) is 8.34. The van der Waals surface area contributed by atoms with Gasteiger partial charge in [-0.2, -0.15) is 0 Å². The van der Waals surface area contributed by atoms with Crippen molar-refractivity contribution in [1.82, 2.24) is 5.32 Å². The summed E-state index contributed by atoms with van der Waals surface area (Å²) >= 11 is 5.91. The average molecular weight is 266 g/mol. The van der Waals surface area contributed by atoms with Crippen LogP contribution in [0.5, 0.6) is 0 Å². The highest BCUT2D eigenvalue weighted by atomic mass is 35.5. The van der Waals surface area contributed by atoms with E-state index in [2.05, 4.69) is 37.9 Å². The molecule has 2 heteroatoms. The van der Waals surface area contributed by atoms with Crippen molar-refractivity contribution in [2.45, 2.75) is 45.6 Å². The zero-order valence-corrected chi connectivity index (χ0v) is 12.3. The molecule has 0 saturated carbocycles. The Morgan fingerprint density at radius 3 is 2.50 bits per heavy atom. The Balaban J connectivity index is 2.59. The molecule has 1 aromatic carbocycles. The topological polar surface area (TPSA) is 12.0 Å². The highest BCUT2D eigenvalue weighted by molar-refractivity contribution is 6.30. The number of halogens is 1. The van der Waals surface area contributed by atoms with E-state index in [4.69, 9.17) is 11.6 Å². The molecule has 18 heavy (non-hydrogen) atoms. The maximum absolute atomic E-state index is 5.91. The van der Waals surface area contributed by atoms with Gasteiger partial charge in [-0.05, 0) is 49.9 Å². The average Bonchev–Trinajstić information content (AvgIpc) is 2.38. The highest BCUT2D eigenvalue weighted by Crippen LogP contribution is 2.15. The van der Waals surface area contributed by atoms with E-state index in [0.29, 0.717) is 6.04 Å². The molecule has 100 valence electrons. The van der Waals surface area contributed by atoms with Crippen molar-refractivity contribution >= 4 is 11.6 Å². The van der Waals surface area contributed by atoms with Gasteiger partial charge in [-0.3, -0.25) is 0 Å². The monoisotopic (exact) mass is 265 g/mol. The minimum absolute atomic E-state index is 0.485. The molecule has 0 amide bonds. The van der Waals surface area contributed by atoms with Gasteiger partial charge in [0.05, 0.1) is 0 Å². The predicted molar refractivity (Wildman–Crippen MR) is 81.3 cm³/mol. The molecule has 0 aliphatic carbocycles. The molecular formula is C16H24ClN. The maximum atomic E-state index is 5.91. The van der Waals surface area contributed by atoms with Gasteiger partial charge >= 0.3 is 0 Å². The molecule has 1 rings (SSSR count). The van der Waals surface area contributed by atoms with Crippen LogP contribution < -0.4 is 5.32 Å². The van der Waals surface area contributed by atoms with Gasteiger partial charge in [-0.1, -0.05) is 49.7 Å². The van der Waals surface area contributed by atoms with Crippen LogP contribution in [0.1, 0.15) is 38.7 Å². The second-order valence-corrected chi connectivity index (χ2v) is 5.23. The molecule has 0 aliphatic rings. The largest absolute Gasteiger partial charge is 0.313 e. The van der Waals surface area contributed by atoms with Crippen LogP contribution in [0.15, 0.2) is 36.4 Å². The minimum atomic E-state index is 0.485. The Hall–Kier alpha value is -0.790. The first kappa shape index (κ1) is 15.3. The SMILES string of the molecule is C=C(CC)CC(Cc1ccc(Cl)cc1)NCCC. The Kier molecular flexibility index (Phi) is 7.07. The molecule has 0 heterocycles. The third kappa shape index (κ3) is 5.70. The smallest absolute Gasteiger partial charge is 0.0406 e. The van der Waals surface area contributed by atoms with Crippen molar-refractivity contribution in [1.29, 1.82) is 0 Å². The lowest BCUT2D eigenvalue weighted by Crippen LogP contribution is -2.32. The first-order valence-corrected chi connectivity index (χ1v) is 7.18. The fraction of sp³-hybridized carbons (Fsp3) is 0.500. The van der Waals surface area contributed by atoms with Crippen molar-refractivity contribution in [3.05, 3.63) is 47.0 Å². The summed E-state index contributed by atoms with van der Waals surface area (Å²) in [6, 6.07) is 8.62. The lowest BCUT2D eigenvalue weighted by Gasteiger charge is -2.19. The molecule has 0 aromatic heterocycles. The number of hydrogen-bond acceptors (Lipinski definition) is 1. The van der Waals surface area contributed by atoms with E-state index in [1.54, 1.807) is 0 Å². The number of benzene rings is 1. The molecule has 1 N–H and O–H groups in total. The molecule has 1 atom stereocenters. The number of nitrogens with one attached hydrogen (secondary N) is 1. The lowest BCUT2D eigenvalue weighted by atomic mass is 9.98. The molecule has 0 spiro atoms. The fourth-order valence-electron chi connectivity index (χ4n) is 1.96. The first-order chi connectivity index (χ1) is 8.65. The Labute approximate surface area is 116 Å². The molecule has 0 saturated heterocycles. The molecule has 0 bridgehead atoms. The zero-order chi connectivity index (χ0) is 13.4. The van der Waals surface area contributed by atoms with E-state index in [9.17, 15) is 0 Å². The van der Waals surface area contributed by atoms with Crippen LogP contribution in [0.3, 0.4) is 0 Å². The third-order valence-electron chi connectivity index (χ3n) is 3.11. The summed E-state index contributed by atoms with van der Waals surface area (Å²) in [6.07, 6.45) is 4.32. The van der Waals surface area contributed by atoms with Gasteiger partial charge in [0.25, 0.3) is 0 Å². The van der Waals surface area contributed by atoms with E-state index in [-0.39, 0.29) is 0 Å². The van der Waals surface area contributed by atoms with Crippen molar-refractivity contribution in [2.75, 3.05) is 6.54 Å². The zero-order valence-electron chi connectivity index (χ0n) is 11.5. The van der Waals surface area contributed by atoms with E-state index >= 15 is 0 Å². The summed E-state index contributed by atoms with van der Waals surface area (Å²) in [4.78, 5) is 0. The molecule has 1 nitrogen and oxygen atoms in total. The van der Waals surface area contributed by atoms with Crippen LogP contribution in [-0.4, -0.2) is 12.6 Å². The standard InChI is InChI=1S/C16H24ClN/c1-4-10-18-16(11-13(3)5-2)12-14-6-8-15(17)9-7-14/h6-9,16,18H,3-5,10-12H2,1-2H3. The summed E-state index contributed by atoms with van der Waals surface area (Å²) in [5.41, 5.74) is 2.65. The third-order valence-corrected chi connectivity index (χ3v) is 3.37. The minimum Gasteiger partial charge on any atom is -0.313 e. The van der Waals surface area contributed by atoms with Gasteiger partial charge in [0.15, 0.2) is 0 Å². The van der Waals surface area contributed by atoms with E-state index < -0.39 is 0 Å². The van der Waals surface area contributed by atoms with Crippen LogP contribution >= 0.6 is 11.6 Å². The Morgan fingerprint density at radius 2 is 1.94 bits per heavy atom. The van der Waals surface area contributed by atoms with Crippen molar-refractivity contribution in [3.63, 3.8) is 0 Å². The van der Waals surface area contributed by atoms with Crippen molar-refractivity contribution in [3.8, 4) is 0 Å². The summed E-state index contributed by atoms with van der Waals surface area (Å²) < 4.78 is 0. The van der Waals surface area contributed by atoms with E-state index in [1.165, 1.54) is 11.1 Å². The first-order valence-electron chi connectivity index (χ1n) is 6.80. The quantitative estimate of drug-likeness (QED) is 0.677. The van der Waals surface area contributed by atoms with Gasteiger partial charge in [0.2, 0.25) is 0 Å². The highest BCUT2D eigenvalue weighted by Gasteiger charge is 2.09. The lowest BCUT2D eigenvalue weighted by molar-refractivity contribution is 0.500. The number of hydrogen-bond donors (Lipinski definition) is 1. The van der Waals surface area contributed by atoms with Crippen LogP contribution in [0, 0.1) is 0 Å². The molecule has 0 fully saturated rings. The van der Waals surface area contributed by atoms with Gasteiger partial charge < -0.3 is 5.32 Å². The van der Waals surface area contributed by atoms with Crippen LogP contribution in [0.4, 0.5) is 0 Å². The summed E-state index contributed by atoms with van der Waals surface area (Å²) in [6.45, 7) is 9.54. The molecule has 0 aliphatic heterocycles. The summed E-state index contributed by atoms with van der Waals surface area (Å²) in [5, 5.41) is 4.40. The predicted octanol–water partition coefficient (Wildman–Crippen LogP) is 4.61. The van der Waals surface area contributed by atoms with Gasteiger partial charge in [0.1, 0.15) is 0 Å². The fourth-order valence-corrected chi connectivity index (χ4v) is 2.09. The van der Waals surface area contributed by atoms with Crippen molar-refractivity contribution < 1.29 is 0 Å². The molecule has 1 aromatic rings. The number of rotatable bonds is 8. The molecule has 0 radical (unpaired) electrons. The van der Waals surface area contributed by atoms with E-state index in [0.717, 1.165) is 37.3 Å². The maximum Gasteiger partial charge on any atom is 0.0406 e. The van der Waals surface area contributed by atoms with Crippen LogP contribution in [0.25, 0.3) is 0 Å². The normalized spacial score (nSPS) is 12.4. The van der Waals surface area contributed by atoms with Gasteiger partial charge in [-0.25, -0.2) is 0 Å². The summed E-state index contributed by atoms with van der Waals surface area (Å²) in [5.74, 6) is 0. The molecule has 1 unspecified atom stereocenters. The second-order valence-electron chi connectivity index (χ2n) is 4.79. The van der Waals surface area contributed by atoms with Gasteiger partial charge in [-0.15, -0.1) is 0 Å². The summed E-state index contributed by atoms with van der Waals surface area (Å²) in [7, 11) is 0. The Bertz CT molecular complexity index is 356.